The number of benzene rings is 2. The number of nitrogens with zero attached hydrogens (tertiary/aromatic N) is 2. The highest BCUT2D eigenvalue weighted by Gasteiger charge is 2.17. The number of hydrogen-bond acceptors (Lipinski definition) is 3. The molecule has 0 saturated carbocycles. The van der Waals surface area contributed by atoms with Gasteiger partial charge in [0.05, 0.1) is 6.61 Å². The summed E-state index contributed by atoms with van der Waals surface area (Å²) in [7, 11) is 3.50. The molecule has 31 heavy (non-hydrogen) atoms. The van der Waals surface area contributed by atoms with E-state index in [1.165, 1.54) is 11.1 Å². The standard InChI is InChI=1S/C25H34N4O2/c1-29(2)24(30)18-28-25(27-17-20-14-16-31-19-20)26-15-13-23(21-9-5-3-6-10-21)22-11-7-4-8-12-22/h3-12,20,23H,13-19H2,1-2H3,(H2,26,27,28). The summed E-state index contributed by atoms with van der Waals surface area (Å²) in [6.07, 6.45) is 1.98. The van der Waals surface area contributed by atoms with Crippen LogP contribution in [0.4, 0.5) is 0 Å². The molecule has 0 spiro atoms. The average molecular weight is 423 g/mol. The molecule has 1 unspecified atom stereocenters. The van der Waals surface area contributed by atoms with Crippen LogP contribution < -0.4 is 10.6 Å². The van der Waals surface area contributed by atoms with Crippen molar-refractivity contribution in [1.82, 2.24) is 15.5 Å². The van der Waals surface area contributed by atoms with Gasteiger partial charge in [0.2, 0.25) is 5.91 Å². The minimum Gasteiger partial charge on any atom is -0.381 e. The summed E-state index contributed by atoms with van der Waals surface area (Å²) >= 11 is 0. The molecular weight excluding hydrogens is 388 g/mol. The molecule has 6 heteroatoms. The molecule has 166 valence electrons. The molecule has 0 aliphatic carbocycles. The Balaban J connectivity index is 1.63. The Labute approximate surface area is 185 Å². The lowest BCUT2D eigenvalue weighted by Crippen LogP contribution is -2.41. The molecule has 0 radical (unpaired) electrons. The molecular formula is C25H34N4O2. The summed E-state index contributed by atoms with van der Waals surface area (Å²) in [5, 5.41) is 6.83. The first-order chi connectivity index (χ1) is 15.1. The van der Waals surface area contributed by atoms with Gasteiger partial charge in [0.15, 0.2) is 5.96 Å². The molecule has 1 fully saturated rings. The molecule has 1 aliphatic rings. The molecule has 2 aromatic rings. The van der Waals surface area contributed by atoms with Gasteiger partial charge < -0.3 is 20.3 Å². The zero-order valence-electron chi connectivity index (χ0n) is 18.6. The Morgan fingerprint density at radius 3 is 2.26 bits per heavy atom. The Hall–Kier alpha value is -2.86. The Morgan fingerprint density at radius 2 is 1.71 bits per heavy atom. The van der Waals surface area contributed by atoms with Crippen molar-refractivity contribution in [3.8, 4) is 0 Å². The number of hydrogen-bond donors (Lipinski definition) is 2. The Kier molecular flexibility index (Phi) is 8.91. The van der Waals surface area contributed by atoms with Gasteiger partial charge in [-0.15, -0.1) is 0 Å². The fraction of sp³-hybridized carbons (Fsp3) is 0.440. The third-order valence-corrected chi connectivity index (χ3v) is 5.58. The van der Waals surface area contributed by atoms with Crippen molar-refractivity contribution >= 4 is 11.9 Å². The fourth-order valence-corrected chi connectivity index (χ4v) is 3.68. The SMILES string of the molecule is CN(C)C(=O)CN=C(NCCC(c1ccccc1)c1ccccc1)NCC1CCOC1. The summed E-state index contributed by atoms with van der Waals surface area (Å²) in [6, 6.07) is 21.2. The van der Waals surface area contributed by atoms with Gasteiger partial charge in [-0.1, -0.05) is 60.7 Å². The number of amides is 1. The van der Waals surface area contributed by atoms with Crippen LogP contribution in [0.3, 0.4) is 0 Å². The molecule has 2 aromatic carbocycles. The molecule has 2 N–H and O–H groups in total. The highest BCUT2D eigenvalue weighted by Crippen LogP contribution is 2.27. The molecule has 1 aliphatic heterocycles. The van der Waals surface area contributed by atoms with Crippen molar-refractivity contribution in [2.24, 2.45) is 10.9 Å². The number of guanidine groups is 1. The summed E-state index contributed by atoms with van der Waals surface area (Å²) in [6.45, 7) is 3.27. The smallest absolute Gasteiger partial charge is 0.243 e. The van der Waals surface area contributed by atoms with Crippen molar-refractivity contribution in [1.29, 1.82) is 0 Å². The lowest BCUT2D eigenvalue weighted by molar-refractivity contribution is -0.127. The van der Waals surface area contributed by atoms with E-state index in [4.69, 9.17) is 4.74 Å². The van der Waals surface area contributed by atoms with Crippen molar-refractivity contribution < 1.29 is 9.53 Å². The highest BCUT2D eigenvalue weighted by molar-refractivity contribution is 5.84. The normalized spacial score (nSPS) is 16.4. The van der Waals surface area contributed by atoms with Crippen molar-refractivity contribution in [2.45, 2.75) is 18.8 Å². The van der Waals surface area contributed by atoms with E-state index in [1.54, 1.807) is 19.0 Å². The van der Waals surface area contributed by atoms with Gasteiger partial charge in [0.25, 0.3) is 0 Å². The van der Waals surface area contributed by atoms with Crippen LogP contribution >= 0.6 is 0 Å². The lowest BCUT2D eigenvalue weighted by Gasteiger charge is -2.20. The van der Waals surface area contributed by atoms with Gasteiger partial charge in [-0.2, -0.15) is 0 Å². The van der Waals surface area contributed by atoms with Crippen LogP contribution in [0.5, 0.6) is 0 Å². The maximum atomic E-state index is 12.0. The first kappa shape index (κ1) is 22.8. The van der Waals surface area contributed by atoms with Gasteiger partial charge >= 0.3 is 0 Å². The predicted octanol–water partition coefficient (Wildman–Crippen LogP) is 2.87. The molecule has 1 atom stereocenters. The number of nitrogens with one attached hydrogen (secondary N) is 2. The topological polar surface area (TPSA) is 66.0 Å². The number of ether oxygens (including phenoxy) is 1. The zero-order chi connectivity index (χ0) is 21.9. The molecule has 6 nitrogen and oxygen atoms in total. The predicted molar refractivity (Wildman–Crippen MR) is 125 cm³/mol. The van der Waals surface area contributed by atoms with Crippen LogP contribution in [0.2, 0.25) is 0 Å². The van der Waals surface area contributed by atoms with Gasteiger partial charge in [-0.25, -0.2) is 4.99 Å². The van der Waals surface area contributed by atoms with Crippen LogP contribution in [0.1, 0.15) is 29.9 Å². The molecule has 1 heterocycles. The second kappa shape index (κ2) is 12.1. The van der Waals surface area contributed by atoms with Gasteiger partial charge in [-0.05, 0) is 24.0 Å². The van der Waals surface area contributed by atoms with E-state index in [1.807, 2.05) is 12.1 Å². The number of likely N-dealkylation sites (N-methyl/N-ethyl adjacent to an activating group) is 1. The number of carbonyl (C=O) groups excluding carboxylic acids is 1. The largest absolute Gasteiger partial charge is 0.381 e. The number of carbonyl (C=O) groups is 1. The van der Waals surface area contributed by atoms with E-state index >= 15 is 0 Å². The van der Waals surface area contributed by atoms with E-state index in [0.29, 0.717) is 17.8 Å². The highest BCUT2D eigenvalue weighted by atomic mass is 16.5. The summed E-state index contributed by atoms with van der Waals surface area (Å²) in [5.41, 5.74) is 2.60. The minimum absolute atomic E-state index is 0.0169. The summed E-state index contributed by atoms with van der Waals surface area (Å²) < 4.78 is 5.47. The van der Waals surface area contributed by atoms with Crippen LogP contribution in [0, 0.1) is 5.92 Å². The fourth-order valence-electron chi connectivity index (χ4n) is 3.68. The summed E-state index contributed by atoms with van der Waals surface area (Å²) in [4.78, 5) is 18.1. The first-order valence-corrected chi connectivity index (χ1v) is 11.0. The van der Waals surface area contributed by atoms with Gasteiger partial charge in [-0.3, -0.25) is 4.79 Å². The van der Waals surface area contributed by atoms with Crippen LogP contribution in [0.25, 0.3) is 0 Å². The Morgan fingerprint density at radius 1 is 1.06 bits per heavy atom. The van der Waals surface area contributed by atoms with Gasteiger partial charge in [0.1, 0.15) is 6.54 Å². The van der Waals surface area contributed by atoms with Crippen LogP contribution in [-0.4, -0.2) is 63.7 Å². The number of rotatable bonds is 9. The maximum Gasteiger partial charge on any atom is 0.243 e. The minimum atomic E-state index is -0.0169. The van der Waals surface area contributed by atoms with Crippen molar-refractivity contribution in [2.75, 3.05) is 46.9 Å². The third kappa shape index (κ3) is 7.40. The van der Waals surface area contributed by atoms with E-state index < -0.39 is 0 Å². The third-order valence-electron chi connectivity index (χ3n) is 5.58. The monoisotopic (exact) mass is 422 g/mol. The van der Waals surface area contributed by atoms with Crippen molar-refractivity contribution in [3.63, 3.8) is 0 Å². The van der Waals surface area contributed by atoms with Crippen LogP contribution in [-0.2, 0) is 9.53 Å². The van der Waals surface area contributed by atoms with Crippen molar-refractivity contribution in [3.05, 3.63) is 71.8 Å². The van der Waals surface area contributed by atoms with E-state index in [2.05, 4.69) is 64.2 Å². The average Bonchev–Trinajstić information content (AvgIpc) is 3.32. The zero-order valence-corrected chi connectivity index (χ0v) is 18.6. The summed E-state index contributed by atoms with van der Waals surface area (Å²) in [5.74, 6) is 1.44. The quantitative estimate of drug-likeness (QED) is 0.482. The maximum absolute atomic E-state index is 12.0. The first-order valence-electron chi connectivity index (χ1n) is 11.0. The van der Waals surface area contributed by atoms with E-state index in [-0.39, 0.29) is 12.5 Å². The molecule has 1 amide bonds. The van der Waals surface area contributed by atoms with Gasteiger partial charge in [0, 0.05) is 45.6 Å². The Bertz CT molecular complexity index is 778. The molecule has 3 rings (SSSR count). The second-order valence-corrected chi connectivity index (χ2v) is 8.15. The lowest BCUT2D eigenvalue weighted by atomic mass is 9.88. The molecule has 0 bridgehead atoms. The van der Waals surface area contributed by atoms with Crippen LogP contribution in [0.15, 0.2) is 65.7 Å². The second-order valence-electron chi connectivity index (χ2n) is 8.15. The number of aliphatic imine (C=N–C) groups is 1. The van der Waals surface area contributed by atoms with E-state index in [0.717, 1.165) is 39.1 Å². The molecule has 1 saturated heterocycles. The van der Waals surface area contributed by atoms with E-state index in [9.17, 15) is 4.79 Å². The molecule has 0 aromatic heterocycles.